The van der Waals surface area contributed by atoms with Gasteiger partial charge in [0.1, 0.15) is 11.5 Å². The van der Waals surface area contributed by atoms with E-state index in [4.69, 9.17) is 9.47 Å². The summed E-state index contributed by atoms with van der Waals surface area (Å²) < 4.78 is 12.7. The van der Waals surface area contributed by atoms with Crippen LogP contribution in [0, 0.1) is 22.7 Å². The molecule has 3 rings (SSSR count). The average Bonchev–Trinajstić information content (AvgIpc) is 2.93. The first-order valence-electron chi connectivity index (χ1n) is 13.2. The number of nitriles is 2. The second-order valence-electron chi connectivity index (χ2n) is 8.98. The number of unbranched alkanes of at least 4 members (excludes halogenated alkanes) is 6. The molecule has 0 fully saturated rings. The molecule has 0 aliphatic rings. The van der Waals surface area contributed by atoms with Gasteiger partial charge in [-0.05, 0) is 37.1 Å². The molecule has 3 aromatic carbocycles. The Morgan fingerprint density at radius 3 is 1.36 bits per heavy atom. The SMILES string of the molecule is CCCCCCOc1cc(-c2ccccc2C#N)c(OCCCCCC)cc1-c1ccccc1C#N. The number of hydrogen-bond donors (Lipinski definition) is 0. The van der Waals surface area contributed by atoms with Crippen molar-refractivity contribution in [3.63, 3.8) is 0 Å². The van der Waals surface area contributed by atoms with Crippen LogP contribution in [0.15, 0.2) is 60.7 Å². The van der Waals surface area contributed by atoms with Crippen LogP contribution in [0.2, 0.25) is 0 Å². The molecule has 186 valence electrons. The number of nitrogens with zero attached hydrogens (tertiary/aromatic N) is 2. The van der Waals surface area contributed by atoms with Crippen LogP contribution in [0.4, 0.5) is 0 Å². The van der Waals surface area contributed by atoms with Crippen molar-refractivity contribution in [2.24, 2.45) is 0 Å². The zero-order chi connectivity index (χ0) is 25.6. The molecule has 0 unspecified atom stereocenters. The Bertz CT molecular complexity index is 1110. The summed E-state index contributed by atoms with van der Waals surface area (Å²) in [4.78, 5) is 0. The van der Waals surface area contributed by atoms with E-state index in [0.29, 0.717) is 35.8 Å². The van der Waals surface area contributed by atoms with Gasteiger partial charge in [0.2, 0.25) is 0 Å². The van der Waals surface area contributed by atoms with E-state index in [-0.39, 0.29) is 0 Å². The first-order valence-corrected chi connectivity index (χ1v) is 13.2. The Morgan fingerprint density at radius 2 is 0.972 bits per heavy atom. The lowest BCUT2D eigenvalue weighted by atomic mass is 9.93. The molecule has 0 bridgehead atoms. The Hall–Kier alpha value is -3.76. The van der Waals surface area contributed by atoms with Crippen LogP contribution >= 0.6 is 0 Å². The monoisotopic (exact) mass is 480 g/mol. The van der Waals surface area contributed by atoms with Crippen molar-refractivity contribution >= 4 is 0 Å². The summed E-state index contributed by atoms with van der Waals surface area (Å²) in [6.07, 6.45) is 8.85. The molecular weight excluding hydrogens is 444 g/mol. The molecule has 0 aliphatic carbocycles. The van der Waals surface area contributed by atoms with E-state index in [9.17, 15) is 10.5 Å². The van der Waals surface area contributed by atoms with Crippen molar-refractivity contribution in [3.05, 3.63) is 71.8 Å². The van der Waals surface area contributed by atoms with E-state index in [0.717, 1.165) is 47.9 Å². The number of benzene rings is 3. The fourth-order valence-corrected chi connectivity index (χ4v) is 4.27. The van der Waals surface area contributed by atoms with Gasteiger partial charge < -0.3 is 9.47 Å². The van der Waals surface area contributed by atoms with Crippen LogP contribution in [0.5, 0.6) is 11.5 Å². The molecule has 0 saturated heterocycles. The minimum Gasteiger partial charge on any atom is -0.493 e. The second kappa shape index (κ2) is 14.6. The van der Waals surface area contributed by atoms with Gasteiger partial charge in [-0.15, -0.1) is 0 Å². The van der Waals surface area contributed by atoms with Gasteiger partial charge in [0.05, 0.1) is 36.5 Å². The lowest BCUT2D eigenvalue weighted by Crippen LogP contribution is -2.03. The molecule has 0 aromatic heterocycles. The maximum atomic E-state index is 9.78. The standard InChI is InChI=1S/C32H36N2O2/c1-3-5-7-13-19-35-31-21-30(28-18-12-10-16-26(28)24-34)32(36-20-14-8-6-4-2)22-29(31)27-17-11-9-15-25(27)23-33/h9-12,15-18,21-22H,3-8,13-14,19-20H2,1-2H3. The highest BCUT2D eigenvalue weighted by molar-refractivity contribution is 5.85. The van der Waals surface area contributed by atoms with Crippen LogP contribution in [0.25, 0.3) is 22.3 Å². The molecule has 36 heavy (non-hydrogen) atoms. The molecule has 4 nitrogen and oxygen atoms in total. The highest BCUT2D eigenvalue weighted by Crippen LogP contribution is 2.43. The first-order chi connectivity index (χ1) is 17.7. The predicted octanol–water partition coefficient (Wildman–Crippen LogP) is 8.68. The second-order valence-corrected chi connectivity index (χ2v) is 8.98. The van der Waals surface area contributed by atoms with Gasteiger partial charge in [0.25, 0.3) is 0 Å². The van der Waals surface area contributed by atoms with Crippen molar-refractivity contribution in [3.8, 4) is 45.9 Å². The summed E-state index contributed by atoms with van der Waals surface area (Å²) in [5.41, 5.74) is 4.49. The molecule has 0 spiro atoms. The Kier molecular flexibility index (Phi) is 10.9. The van der Waals surface area contributed by atoms with Gasteiger partial charge in [-0.3, -0.25) is 0 Å². The summed E-state index contributed by atoms with van der Waals surface area (Å²) in [6.45, 7) is 5.58. The Morgan fingerprint density at radius 1 is 0.556 bits per heavy atom. The summed E-state index contributed by atoms with van der Waals surface area (Å²) in [6, 6.07) is 23.8. The topological polar surface area (TPSA) is 66.0 Å². The third-order valence-corrected chi connectivity index (χ3v) is 6.27. The summed E-state index contributed by atoms with van der Waals surface area (Å²) in [7, 11) is 0. The molecule has 0 N–H and O–H groups in total. The summed E-state index contributed by atoms with van der Waals surface area (Å²) >= 11 is 0. The zero-order valence-electron chi connectivity index (χ0n) is 21.6. The Balaban J connectivity index is 2.10. The molecule has 3 aromatic rings. The quantitative estimate of drug-likeness (QED) is 0.216. The molecule has 0 amide bonds. The highest BCUT2D eigenvalue weighted by Gasteiger charge is 2.19. The predicted molar refractivity (Wildman–Crippen MR) is 146 cm³/mol. The molecule has 0 radical (unpaired) electrons. The van der Waals surface area contributed by atoms with Crippen LogP contribution in [-0.4, -0.2) is 13.2 Å². The normalized spacial score (nSPS) is 10.4. The van der Waals surface area contributed by atoms with Gasteiger partial charge in [0, 0.05) is 22.3 Å². The van der Waals surface area contributed by atoms with Crippen molar-refractivity contribution in [1.29, 1.82) is 10.5 Å². The molecule has 0 aliphatic heterocycles. The Labute approximate surface area is 216 Å². The summed E-state index contributed by atoms with van der Waals surface area (Å²) in [5.74, 6) is 1.41. The first kappa shape index (κ1) is 26.8. The minimum atomic E-state index is 0.590. The highest BCUT2D eigenvalue weighted by atomic mass is 16.5. The van der Waals surface area contributed by atoms with Crippen LogP contribution in [0.3, 0.4) is 0 Å². The van der Waals surface area contributed by atoms with Gasteiger partial charge in [0.15, 0.2) is 0 Å². The van der Waals surface area contributed by atoms with Crippen molar-refractivity contribution in [2.75, 3.05) is 13.2 Å². The fraction of sp³-hybridized carbons (Fsp3) is 0.375. The van der Waals surface area contributed by atoms with Crippen molar-refractivity contribution in [1.82, 2.24) is 0 Å². The maximum Gasteiger partial charge on any atom is 0.128 e. The van der Waals surface area contributed by atoms with E-state index >= 15 is 0 Å². The van der Waals surface area contributed by atoms with Gasteiger partial charge in [-0.25, -0.2) is 0 Å². The van der Waals surface area contributed by atoms with Crippen molar-refractivity contribution in [2.45, 2.75) is 65.2 Å². The lowest BCUT2D eigenvalue weighted by Gasteiger charge is -2.19. The largest absolute Gasteiger partial charge is 0.493 e. The van der Waals surface area contributed by atoms with E-state index in [1.807, 2.05) is 60.7 Å². The number of ether oxygens (including phenoxy) is 2. The third-order valence-electron chi connectivity index (χ3n) is 6.27. The van der Waals surface area contributed by atoms with E-state index in [2.05, 4.69) is 26.0 Å². The van der Waals surface area contributed by atoms with Gasteiger partial charge in [-0.2, -0.15) is 10.5 Å². The van der Waals surface area contributed by atoms with Gasteiger partial charge >= 0.3 is 0 Å². The van der Waals surface area contributed by atoms with E-state index in [1.54, 1.807) is 0 Å². The lowest BCUT2D eigenvalue weighted by molar-refractivity contribution is 0.299. The van der Waals surface area contributed by atoms with Gasteiger partial charge in [-0.1, -0.05) is 88.8 Å². The van der Waals surface area contributed by atoms with Crippen LogP contribution in [-0.2, 0) is 0 Å². The van der Waals surface area contributed by atoms with Crippen LogP contribution < -0.4 is 9.47 Å². The van der Waals surface area contributed by atoms with Crippen molar-refractivity contribution < 1.29 is 9.47 Å². The number of hydrogen-bond acceptors (Lipinski definition) is 4. The minimum absolute atomic E-state index is 0.590. The third kappa shape index (κ3) is 7.12. The average molecular weight is 481 g/mol. The molecule has 0 saturated carbocycles. The van der Waals surface area contributed by atoms with E-state index in [1.165, 1.54) is 25.7 Å². The van der Waals surface area contributed by atoms with Crippen LogP contribution in [0.1, 0.15) is 76.3 Å². The fourth-order valence-electron chi connectivity index (χ4n) is 4.27. The zero-order valence-corrected chi connectivity index (χ0v) is 21.6. The molecule has 4 heteroatoms. The smallest absolute Gasteiger partial charge is 0.128 e. The molecular formula is C32H36N2O2. The molecule has 0 atom stereocenters. The van der Waals surface area contributed by atoms with E-state index < -0.39 is 0 Å². The summed E-state index contributed by atoms with van der Waals surface area (Å²) in [5, 5.41) is 19.6. The maximum absolute atomic E-state index is 9.78. The number of rotatable bonds is 14. The molecule has 0 heterocycles.